The second-order valence-corrected chi connectivity index (χ2v) is 7.39. The van der Waals surface area contributed by atoms with Crippen molar-refractivity contribution in [2.24, 2.45) is 0 Å². The highest BCUT2D eigenvalue weighted by Crippen LogP contribution is 2.37. The van der Waals surface area contributed by atoms with Crippen molar-refractivity contribution >= 4 is 16.6 Å². The van der Waals surface area contributed by atoms with Crippen molar-refractivity contribution in [3.8, 4) is 11.4 Å². The first-order valence-corrected chi connectivity index (χ1v) is 9.65. The molecule has 1 saturated heterocycles. The molecule has 29 heavy (non-hydrogen) atoms. The highest BCUT2D eigenvalue weighted by atomic mass is 19.1. The first-order valence-electron chi connectivity index (χ1n) is 9.65. The van der Waals surface area contributed by atoms with Crippen LogP contribution in [0.2, 0.25) is 0 Å². The summed E-state index contributed by atoms with van der Waals surface area (Å²) in [7, 11) is 0. The Morgan fingerprint density at radius 2 is 2.10 bits per heavy atom. The largest absolute Gasteiger partial charge is 0.383 e. The van der Waals surface area contributed by atoms with Gasteiger partial charge in [-0.05, 0) is 30.0 Å². The zero-order valence-electron chi connectivity index (χ0n) is 16.1. The third kappa shape index (κ3) is 3.48. The lowest BCUT2D eigenvalue weighted by Gasteiger charge is -2.34. The maximum absolute atomic E-state index is 14.8. The van der Waals surface area contributed by atoms with Crippen molar-refractivity contribution in [2.75, 3.05) is 18.9 Å². The number of hydrogen-bond donors (Lipinski definition) is 1. The fraction of sp³-hybridized carbons (Fsp3) is 0.381. The van der Waals surface area contributed by atoms with E-state index in [-0.39, 0.29) is 41.5 Å². The second kappa shape index (κ2) is 7.51. The van der Waals surface area contributed by atoms with E-state index in [1.807, 2.05) is 0 Å². The van der Waals surface area contributed by atoms with E-state index in [1.165, 1.54) is 18.3 Å². The molecule has 1 aromatic carbocycles. The molecule has 1 fully saturated rings. The molecule has 1 aliphatic rings. The van der Waals surface area contributed by atoms with Crippen LogP contribution in [0.1, 0.15) is 31.7 Å². The van der Waals surface area contributed by atoms with E-state index in [4.69, 9.17) is 10.5 Å². The Bertz CT molecular complexity index is 1130. The van der Waals surface area contributed by atoms with E-state index < -0.39 is 11.5 Å². The van der Waals surface area contributed by atoms with Crippen LogP contribution in [-0.4, -0.2) is 27.7 Å². The summed E-state index contributed by atoms with van der Waals surface area (Å²) in [6.07, 6.45) is 5.96. The molecule has 0 aliphatic carbocycles. The van der Waals surface area contributed by atoms with Crippen LogP contribution in [0.25, 0.3) is 22.2 Å². The molecule has 0 atom stereocenters. The number of unbranched alkanes of at least 4 members (excludes halogenated alkanes) is 2. The predicted octanol–water partition coefficient (Wildman–Crippen LogP) is 3.57. The van der Waals surface area contributed by atoms with Gasteiger partial charge < -0.3 is 15.0 Å². The zero-order chi connectivity index (χ0) is 20.6. The molecule has 8 heteroatoms. The molecule has 0 spiro atoms. The molecule has 0 saturated carbocycles. The summed E-state index contributed by atoms with van der Waals surface area (Å²) >= 11 is 0. The summed E-state index contributed by atoms with van der Waals surface area (Å²) < 4.78 is 35.8. The maximum Gasteiger partial charge on any atom is 0.258 e. The van der Waals surface area contributed by atoms with E-state index in [2.05, 4.69) is 16.9 Å². The van der Waals surface area contributed by atoms with Crippen LogP contribution in [0.5, 0.6) is 0 Å². The molecule has 1 aliphatic heterocycles. The predicted molar refractivity (Wildman–Crippen MR) is 107 cm³/mol. The van der Waals surface area contributed by atoms with Gasteiger partial charge in [0.25, 0.3) is 5.56 Å². The molecule has 6 nitrogen and oxygen atoms in total. The number of anilines is 1. The van der Waals surface area contributed by atoms with Gasteiger partial charge in [-0.25, -0.2) is 18.7 Å². The van der Waals surface area contributed by atoms with Gasteiger partial charge in [0.1, 0.15) is 11.6 Å². The number of nitrogens with two attached hydrogens (primary N) is 1. The highest BCUT2D eigenvalue weighted by molar-refractivity contribution is 5.86. The van der Waals surface area contributed by atoms with Crippen LogP contribution in [0, 0.1) is 5.82 Å². The van der Waals surface area contributed by atoms with Gasteiger partial charge in [0.2, 0.25) is 0 Å². The van der Waals surface area contributed by atoms with Gasteiger partial charge in [0.15, 0.2) is 11.5 Å². The normalized spacial score (nSPS) is 15.4. The van der Waals surface area contributed by atoms with Gasteiger partial charge in [-0.3, -0.25) is 4.79 Å². The Balaban J connectivity index is 1.71. The van der Waals surface area contributed by atoms with E-state index in [0.29, 0.717) is 17.3 Å². The monoisotopic (exact) mass is 400 g/mol. The summed E-state index contributed by atoms with van der Waals surface area (Å²) in [5, 5.41) is 0.878. The number of aromatic nitrogens is 3. The van der Waals surface area contributed by atoms with Crippen LogP contribution in [-0.2, 0) is 17.0 Å². The number of nitrogens with zero attached hydrogens (tertiary/aromatic N) is 3. The van der Waals surface area contributed by atoms with Gasteiger partial charge >= 0.3 is 0 Å². The lowest BCUT2D eigenvalue weighted by Crippen LogP contribution is -2.43. The van der Waals surface area contributed by atoms with Crippen LogP contribution in [0.15, 0.2) is 35.4 Å². The minimum absolute atomic E-state index is 0.0432. The molecule has 2 N–H and O–H groups in total. The van der Waals surface area contributed by atoms with Crippen molar-refractivity contribution in [3.05, 3.63) is 52.3 Å². The molecule has 0 bridgehead atoms. The minimum atomic E-state index is -1.70. The summed E-state index contributed by atoms with van der Waals surface area (Å²) in [6, 6.07) is 4.49. The molecule has 3 aromatic rings. The summed E-state index contributed by atoms with van der Waals surface area (Å²) in [5.41, 5.74) is 4.21. The topological polar surface area (TPSA) is 83.0 Å². The number of nitrogen functional groups attached to an aromatic ring is 1. The van der Waals surface area contributed by atoms with Crippen molar-refractivity contribution in [1.82, 2.24) is 14.5 Å². The quantitative estimate of drug-likeness (QED) is 0.640. The van der Waals surface area contributed by atoms with Gasteiger partial charge in [-0.1, -0.05) is 19.8 Å². The Labute approximate surface area is 166 Å². The highest BCUT2D eigenvalue weighted by Gasteiger charge is 2.43. The van der Waals surface area contributed by atoms with Crippen LogP contribution in [0.3, 0.4) is 0 Å². The van der Waals surface area contributed by atoms with E-state index in [1.54, 1.807) is 16.8 Å². The number of ether oxygens (including phenoxy) is 1. The Hall–Kier alpha value is -2.87. The minimum Gasteiger partial charge on any atom is -0.383 e. The molecule has 4 rings (SSSR count). The van der Waals surface area contributed by atoms with Gasteiger partial charge in [-0.2, -0.15) is 0 Å². The number of fused-ring (bicyclic) bond motifs is 1. The lowest BCUT2D eigenvalue weighted by molar-refractivity contribution is -0.135. The summed E-state index contributed by atoms with van der Waals surface area (Å²) in [6.45, 7) is 2.49. The van der Waals surface area contributed by atoms with Crippen molar-refractivity contribution in [1.29, 1.82) is 0 Å². The third-order valence-corrected chi connectivity index (χ3v) is 5.27. The lowest BCUT2D eigenvalue weighted by atomic mass is 9.96. The van der Waals surface area contributed by atoms with Crippen molar-refractivity contribution in [3.63, 3.8) is 0 Å². The molecular weight excluding hydrogens is 378 g/mol. The molecular formula is C21H22F2N4O2. The number of benzene rings is 1. The first-order chi connectivity index (χ1) is 13.9. The number of aryl methyl sites for hydroxylation is 1. The molecule has 2 aromatic heterocycles. The number of hydrogen-bond acceptors (Lipinski definition) is 5. The van der Waals surface area contributed by atoms with E-state index >= 15 is 0 Å². The SMILES string of the molecule is CCCCCn1ccc2cc(-c3ncc(C4(F)COC4)c(N)n3)c(F)cc2c1=O. The average molecular weight is 400 g/mol. The van der Waals surface area contributed by atoms with E-state index in [0.717, 1.165) is 19.3 Å². The molecule has 3 heterocycles. The van der Waals surface area contributed by atoms with Crippen LogP contribution >= 0.6 is 0 Å². The molecule has 152 valence electrons. The number of pyridine rings is 1. The number of halogens is 2. The van der Waals surface area contributed by atoms with E-state index in [9.17, 15) is 13.6 Å². The smallest absolute Gasteiger partial charge is 0.258 e. The maximum atomic E-state index is 14.8. The molecule has 0 unspecified atom stereocenters. The summed E-state index contributed by atoms with van der Waals surface area (Å²) in [4.78, 5) is 20.9. The standard InChI is InChI=1S/C21H22F2N4O2/c1-2-3-4-6-27-7-5-13-8-15(17(22)9-14(13)20(27)28)19-25-10-16(18(24)26-19)21(23)11-29-12-21/h5,7-10H,2-4,6,11-12H2,1H3,(H2,24,25,26). The first kappa shape index (κ1) is 19.4. The molecule has 0 radical (unpaired) electrons. The van der Waals surface area contributed by atoms with Crippen molar-refractivity contribution < 1.29 is 13.5 Å². The summed E-state index contributed by atoms with van der Waals surface area (Å²) in [5.74, 6) is -0.636. The molecule has 0 amide bonds. The fourth-order valence-electron chi connectivity index (χ4n) is 3.49. The van der Waals surface area contributed by atoms with Gasteiger partial charge in [0.05, 0.1) is 29.7 Å². The van der Waals surface area contributed by atoms with Crippen LogP contribution < -0.4 is 11.3 Å². The van der Waals surface area contributed by atoms with Gasteiger partial charge in [-0.15, -0.1) is 0 Å². The zero-order valence-corrected chi connectivity index (χ0v) is 16.1. The number of rotatable bonds is 6. The number of alkyl halides is 1. The third-order valence-electron chi connectivity index (χ3n) is 5.27. The average Bonchev–Trinajstić information content (AvgIpc) is 2.68. The Morgan fingerprint density at radius 1 is 1.31 bits per heavy atom. The second-order valence-electron chi connectivity index (χ2n) is 7.39. The van der Waals surface area contributed by atoms with Crippen LogP contribution in [0.4, 0.5) is 14.6 Å². The van der Waals surface area contributed by atoms with Crippen molar-refractivity contribution in [2.45, 2.75) is 38.4 Å². The Kier molecular flexibility index (Phi) is 5.04. The Morgan fingerprint density at radius 3 is 2.76 bits per heavy atom. The van der Waals surface area contributed by atoms with Gasteiger partial charge in [0, 0.05) is 18.9 Å². The fourth-order valence-corrected chi connectivity index (χ4v) is 3.49.